The first-order valence-corrected chi connectivity index (χ1v) is 4.55. The van der Waals surface area contributed by atoms with Crippen molar-refractivity contribution in [3.8, 4) is 0 Å². The monoisotopic (exact) mass is 159 g/mol. The summed E-state index contributed by atoms with van der Waals surface area (Å²) in [5.41, 5.74) is 0. The van der Waals surface area contributed by atoms with Crippen LogP contribution in [0.4, 0.5) is 0 Å². The summed E-state index contributed by atoms with van der Waals surface area (Å²) in [5.74, 6) is 0. The van der Waals surface area contributed by atoms with Crippen LogP contribution in [0.2, 0.25) is 0 Å². The van der Waals surface area contributed by atoms with Crippen LogP contribution in [0.25, 0.3) is 0 Å². The molecule has 0 aliphatic heterocycles. The molecule has 0 spiro atoms. The summed E-state index contributed by atoms with van der Waals surface area (Å²) in [5, 5.41) is 0. The minimum atomic E-state index is 1.09. The molecule has 0 saturated heterocycles. The zero-order valence-electron chi connectivity index (χ0n) is 7.37. The molecular weight excluding hydrogens is 144 g/mol. The summed E-state index contributed by atoms with van der Waals surface area (Å²) in [6, 6.07) is 0. The zero-order valence-corrected chi connectivity index (χ0v) is 7.37. The van der Waals surface area contributed by atoms with E-state index in [1.807, 2.05) is 24.3 Å². The Bertz CT molecular complexity index is 180. The van der Waals surface area contributed by atoms with E-state index in [4.69, 9.17) is 0 Å². The van der Waals surface area contributed by atoms with Crippen molar-refractivity contribution in [2.24, 2.45) is 0 Å². The van der Waals surface area contributed by atoms with Gasteiger partial charge in [-0.1, -0.05) is 42.5 Å². The van der Waals surface area contributed by atoms with Gasteiger partial charge in [-0.25, -0.2) is 0 Å². The smallest absolute Gasteiger partial charge is 0.0276 e. The third-order valence-corrected chi connectivity index (χ3v) is 1.74. The van der Waals surface area contributed by atoms with Crippen molar-refractivity contribution in [2.75, 3.05) is 0 Å². The maximum absolute atomic E-state index is 3.23. The first-order chi connectivity index (χ1) is 6.00. The molecule has 1 aliphatic rings. The van der Waals surface area contributed by atoms with Crippen molar-refractivity contribution in [3.05, 3.63) is 48.6 Å². The van der Waals surface area contributed by atoms with Gasteiger partial charge in [0.1, 0.15) is 0 Å². The van der Waals surface area contributed by atoms with E-state index in [0.29, 0.717) is 0 Å². The molecule has 0 aromatic rings. The lowest BCUT2D eigenvalue weighted by atomic mass is 10.1. The van der Waals surface area contributed by atoms with Gasteiger partial charge in [-0.2, -0.15) is 0 Å². The molecule has 12 heavy (non-hydrogen) atoms. The Morgan fingerprint density at radius 1 is 0.833 bits per heavy atom. The Balaban J connectivity index is 2.43. The van der Waals surface area contributed by atoms with Crippen molar-refractivity contribution in [1.29, 1.82) is 0 Å². The standard InChI is InChI=1S/C12H15/c1-2-4-6-8-10-12-11-9-7-5-3-1/h1-7H,8,10-12H2. The fourth-order valence-electron chi connectivity index (χ4n) is 1.06. The van der Waals surface area contributed by atoms with Crippen molar-refractivity contribution < 1.29 is 0 Å². The van der Waals surface area contributed by atoms with Crippen molar-refractivity contribution >= 4 is 0 Å². The molecule has 0 aromatic carbocycles. The fourth-order valence-corrected chi connectivity index (χ4v) is 1.06. The lowest BCUT2D eigenvalue weighted by Crippen LogP contribution is -1.72. The van der Waals surface area contributed by atoms with E-state index >= 15 is 0 Å². The molecule has 1 rings (SSSR count). The van der Waals surface area contributed by atoms with Crippen molar-refractivity contribution in [1.82, 2.24) is 0 Å². The summed E-state index contributed by atoms with van der Waals surface area (Å²) in [4.78, 5) is 0. The van der Waals surface area contributed by atoms with E-state index in [-0.39, 0.29) is 0 Å². The summed E-state index contributed by atoms with van der Waals surface area (Å²) >= 11 is 0. The fraction of sp³-hybridized carbons (Fsp3) is 0.333. The van der Waals surface area contributed by atoms with Crippen molar-refractivity contribution in [2.45, 2.75) is 25.7 Å². The SMILES string of the molecule is [C]1=CC=CC=CC=CCCCC1. The Hall–Kier alpha value is -1.04. The largest absolute Gasteiger partial charge is 0.0845 e. The van der Waals surface area contributed by atoms with Crippen LogP contribution in [0.1, 0.15) is 25.7 Å². The van der Waals surface area contributed by atoms with E-state index in [1.54, 1.807) is 0 Å². The molecule has 0 bridgehead atoms. The summed E-state index contributed by atoms with van der Waals surface area (Å²) in [6.45, 7) is 0. The second-order valence-corrected chi connectivity index (χ2v) is 2.81. The minimum absolute atomic E-state index is 1.09. The quantitative estimate of drug-likeness (QED) is 0.506. The van der Waals surface area contributed by atoms with E-state index in [1.165, 1.54) is 19.3 Å². The molecule has 1 aliphatic carbocycles. The first-order valence-electron chi connectivity index (χ1n) is 4.55. The van der Waals surface area contributed by atoms with Gasteiger partial charge in [0.2, 0.25) is 0 Å². The normalized spacial score (nSPS) is 18.7. The van der Waals surface area contributed by atoms with Crippen molar-refractivity contribution in [3.63, 3.8) is 0 Å². The summed E-state index contributed by atoms with van der Waals surface area (Å²) < 4.78 is 0. The highest BCUT2D eigenvalue weighted by Crippen LogP contribution is 2.01. The van der Waals surface area contributed by atoms with Gasteiger partial charge < -0.3 is 0 Å². The Kier molecular flexibility index (Phi) is 5.02. The van der Waals surface area contributed by atoms with Gasteiger partial charge in [0.25, 0.3) is 0 Å². The third-order valence-electron chi connectivity index (χ3n) is 1.74. The number of rotatable bonds is 0. The zero-order chi connectivity index (χ0) is 8.49. The molecule has 0 amide bonds. The van der Waals surface area contributed by atoms with Crippen LogP contribution >= 0.6 is 0 Å². The van der Waals surface area contributed by atoms with Crippen LogP contribution in [0, 0.1) is 6.08 Å². The molecule has 0 unspecified atom stereocenters. The van der Waals surface area contributed by atoms with Gasteiger partial charge in [-0.05, 0) is 31.8 Å². The Morgan fingerprint density at radius 2 is 1.67 bits per heavy atom. The number of hydrogen-bond acceptors (Lipinski definition) is 0. The highest BCUT2D eigenvalue weighted by Gasteiger charge is 1.82. The molecule has 0 aromatic heterocycles. The molecule has 0 saturated carbocycles. The van der Waals surface area contributed by atoms with E-state index in [0.717, 1.165) is 6.42 Å². The van der Waals surface area contributed by atoms with E-state index in [9.17, 15) is 0 Å². The average Bonchev–Trinajstić information content (AvgIpc) is 2.05. The van der Waals surface area contributed by atoms with Gasteiger partial charge in [-0.3, -0.25) is 0 Å². The third kappa shape index (κ3) is 4.73. The van der Waals surface area contributed by atoms with Gasteiger partial charge >= 0.3 is 0 Å². The first kappa shape index (κ1) is 9.05. The van der Waals surface area contributed by atoms with Gasteiger partial charge in [0, 0.05) is 0 Å². The summed E-state index contributed by atoms with van der Waals surface area (Å²) in [7, 11) is 0. The second kappa shape index (κ2) is 6.66. The lowest BCUT2D eigenvalue weighted by molar-refractivity contribution is 0.754. The van der Waals surface area contributed by atoms with Crippen LogP contribution < -0.4 is 0 Å². The topological polar surface area (TPSA) is 0 Å². The Labute approximate surface area is 75.0 Å². The molecule has 0 heterocycles. The van der Waals surface area contributed by atoms with E-state index in [2.05, 4.69) is 24.3 Å². The lowest BCUT2D eigenvalue weighted by Gasteiger charge is -1.91. The maximum Gasteiger partial charge on any atom is -0.0276 e. The second-order valence-electron chi connectivity index (χ2n) is 2.81. The number of allylic oxidation sites excluding steroid dienone is 8. The highest BCUT2D eigenvalue weighted by molar-refractivity contribution is 5.14. The minimum Gasteiger partial charge on any atom is -0.0845 e. The number of hydrogen-bond donors (Lipinski definition) is 0. The van der Waals surface area contributed by atoms with Crippen LogP contribution in [-0.2, 0) is 0 Å². The molecular formula is C12H15. The maximum atomic E-state index is 3.23. The van der Waals surface area contributed by atoms with E-state index < -0.39 is 0 Å². The molecule has 0 heteroatoms. The highest BCUT2D eigenvalue weighted by atomic mass is 13.9. The van der Waals surface area contributed by atoms with Crippen LogP contribution in [-0.4, -0.2) is 0 Å². The molecule has 0 nitrogen and oxygen atoms in total. The molecule has 0 atom stereocenters. The van der Waals surface area contributed by atoms with Crippen LogP contribution in [0.15, 0.2) is 42.5 Å². The van der Waals surface area contributed by atoms with Gasteiger partial charge in [0.15, 0.2) is 0 Å². The van der Waals surface area contributed by atoms with Gasteiger partial charge in [0.05, 0.1) is 0 Å². The van der Waals surface area contributed by atoms with Crippen LogP contribution in [0.3, 0.4) is 0 Å². The Morgan fingerprint density at radius 3 is 2.67 bits per heavy atom. The average molecular weight is 159 g/mol. The molecule has 1 radical (unpaired) electrons. The molecule has 0 fully saturated rings. The predicted molar refractivity (Wildman–Crippen MR) is 53.7 cm³/mol. The molecule has 63 valence electrons. The summed E-state index contributed by atoms with van der Waals surface area (Å²) in [6.07, 6.45) is 22.5. The molecule has 0 N–H and O–H groups in total. The van der Waals surface area contributed by atoms with Crippen LogP contribution in [0.5, 0.6) is 0 Å². The van der Waals surface area contributed by atoms with Gasteiger partial charge in [-0.15, -0.1) is 0 Å². The predicted octanol–water partition coefficient (Wildman–Crippen LogP) is 3.59.